The number of hydrogen-bond donors (Lipinski definition) is 2. The van der Waals surface area contributed by atoms with E-state index in [1.165, 1.54) is 0 Å². The molecule has 0 aromatic heterocycles. The number of rotatable bonds is 4. The van der Waals surface area contributed by atoms with Crippen molar-refractivity contribution in [1.29, 1.82) is 0 Å². The van der Waals surface area contributed by atoms with Crippen LogP contribution in [0.25, 0.3) is 0 Å². The van der Waals surface area contributed by atoms with Crippen molar-refractivity contribution in [3.05, 3.63) is 28.8 Å². The molecule has 1 aliphatic carbocycles. The Morgan fingerprint density at radius 2 is 2.18 bits per heavy atom. The molecule has 3 N–H and O–H groups in total. The van der Waals surface area contributed by atoms with Gasteiger partial charge in [0.05, 0.1) is 6.10 Å². The molecule has 17 heavy (non-hydrogen) atoms. The van der Waals surface area contributed by atoms with E-state index in [1.54, 1.807) is 6.07 Å². The average Bonchev–Trinajstić information content (AvgIpc) is 2.20. The second-order valence-corrected chi connectivity index (χ2v) is 5.47. The van der Waals surface area contributed by atoms with E-state index in [9.17, 15) is 5.11 Å². The zero-order chi connectivity index (χ0) is 12.4. The fourth-order valence-electron chi connectivity index (χ4n) is 2.36. The van der Waals surface area contributed by atoms with Gasteiger partial charge in [0.25, 0.3) is 0 Å². The minimum Gasteiger partial charge on any atom is -0.398 e. The molecular weight excluding hydrogens is 236 g/mol. The van der Waals surface area contributed by atoms with Gasteiger partial charge in [-0.3, -0.25) is 0 Å². The van der Waals surface area contributed by atoms with Crippen molar-refractivity contribution < 1.29 is 5.11 Å². The van der Waals surface area contributed by atoms with Crippen LogP contribution in [0.5, 0.6) is 0 Å². The van der Waals surface area contributed by atoms with Crippen molar-refractivity contribution in [3.8, 4) is 0 Å². The van der Waals surface area contributed by atoms with E-state index in [0.29, 0.717) is 10.9 Å². The van der Waals surface area contributed by atoms with E-state index in [1.807, 2.05) is 12.1 Å². The molecule has 0 spiro atoms. The van der Waals surface area contributed by atoms with Crippen molar-refractivity contribution in [2.24, 2.45) is 5.92 Å². The van der Waals surface area contributed by atoms with Gasteiger partial charge in [-0.2, -0.15) is 0 Å². The Morgan fingerprint density at radius 1 is 1.47 bits per heavy atom. The van der Waals surface area contributed by atoms with Gasteiger partial charge in [-0.25, -0.2) is 0 Å². The molecule has 1 aliphatic rings. The first-order chi connectivity index (χ1) is 8.04. The van der Waals surface area contributed by atoms with Crippen molar-refractivity contribution >= 4 is 17.3 Å². The molecule has 0 amide bonds. The SMILES string of the molecule is CN(Cc1ccc(Cl)cc1N)CC1CC(O)C1. The molecule has 94 valence electrons. The fraction of sp³-hybridized carbons (Fsp3) is 0.538. The van der Waals surface area contributed by atoms with Crippen molar-refractivity contribution in [3.63, 3.8) is 0 Å². The minimum atomic E-state index is -0.0750. The number of nitrogens with two attached hydrogens (primary N) is 1. The first-order valence-corrected chi connectivity index (χ1v) is 6.33. The van der Waals surface area contributed by atoms with Crippen LogP contribution in [0.4, 0.5) is 5.69 Å². The lowest BCUT2D eigenvalue weighted by Crippen LogP contribution is -2.36. The van der Waals surface area contributed by atoms with Crippen molar-refractivity contribution in [2.75, 3.05) is 19.3 Å². The summed E-state index contributed by atoms with van der Waals surface area (Å²) in [6.07, 6.45) is 1.79. The predicted molar refractivity (Wildman–Crippen MR) is 70.9 cm³/mol. The predicted octanol–water partition coefficient (Wildman–Crippen LogP) is 2.12. The molecule has 0 saturated heterocycles. The van der Waals surface area contributed by atoms with Gasteiger partial charge in [0.15, 0.2) is 0 Å². The monoisotopic (exact) mass is 254 g/mol. The highest BCUT2D eigenvalue weighted by molar-refractivity contribution is 6.30. The molecule has 1 saturated carbocycles. The van der Waals surface area contributed by atoms with Crippen molar-refractivity contribution in [2.45, 2.75) is 25.5 Å². The molecule has 0 aliphatic heterocycles. The van der Waals surface area contributed by atoms with E-state index < -0.39 is 0 Å². The van der Waals surface area contributed by atoms with Crippen LogP contribution in [0.2, 0.25) is 5.02 Å². The van der Waals surface area contributed by atoms with E-state index in [4.69, 9.17) is 17.3 Å². The van der Waals surface area contributed by atoms with Crippen LogP contribution >= 0.6 is 11.6 Å². The van der Waals surface area contributed by atoms with Gasteiger partial charge in [0.1, 0.15) is 0 Å². The highest BCUT2D eigenvalue weighted by Gasteiger charge is 2.27. The van der Waals surface area contributed by atoms with E-state index >= 15 is 0 Å². The number of nitrogen functional groups attached to an aromatic ring is 1. The molecule has 0 atom stereocenters. The summed E-state index contributed by atoms with van der Waals surface area (Å²) in [5.74, 6) is 0.628. The van der Waals surface area contributed by atoms with Gasteiger partial charge in [-0.05, 0) is 43.5 Å². The lowest BCUT2D eigenvalue weighted by molar-refractivity contribution is 0.0274. The van der Waals surface area contributed by atoms with E-state index in [-0.39, 0.29) is 6.10 Å². The Labute approximate surface area is 107 Å². The maximum Gasteiger partial charge on any atom is 0.0546 e. The summed E-state index contributed by atoms with van der Waals surface area (Å²) in [6.45, 7) is 1.84. The first kappa shape index (κ1) is 12.7. The Bertz CT molecular complexity index is 391. The Kier molecular flexibility index (Phi) is 3.92. The van der Waals surface area contributed by atoms with E-state index in [2.05, 4.69) is 11.9 Å². The molecule has 3 nitrogen and oxygen atoms in total. The smallest absolute Gasteiger partial charge is 0.0546 e. The largest absolute Gasteiger partial charge is 0.398 e. The van der Waals surface area contributed by atoms with Gasteiger partial charge < -0.3 is 15.7 Å². The van der Waals surface area contributed by atoms with Gasteiger partial charge >= 0.3 is 0 Å². The van der Waals surface area contributed by atoms with Gasteiger partial charge in [0, 0.05) is 23.8 Å². The molecule has 1 aromatic carbocycles. The number of aliphatic hydroxyl groups is 1. The van der Waals surface area contributed by atoms with E-state index in [0.717, 1.165) is 37.2 Å². The third-order valence-corrected chi connectivity index (χ3v) is 3.56. The quantitative estimate of drug-likeness (QED) is 0.810. The van der Waals surface area contributed by atoms with Crippen LogP contribution in [0.15, 0.2) is 18.2 Å². The number of anilines is 1. The second kappa shape index (κ2) is 5.25. The summed E-state index contributed by atoms with van der Waals surface area (Å²) in [5, 5.41) is 9.92. The number of aliphatic hydroxyl groups excluding tert-OH is 1. The zero-order valence-corrected chi connectivity index (χ0v) is 10.8. The normalized spacial score (nSPS) is 23.8. The highest BCUT2D eigenvalue weighted by atomic mass is 35.5. The molecule has 4 heteroatoms. The summed E-state index contributed by atoms with van der Waals surface area (Å²) in [4.78, 5) is 2.25. The number of hydrogen-bond acceptors (Lipinski definition) is 3. The van der Waals surface area contributed by atoms with Gasteiger partial charge in [-0.1, -0.05) is 17.7 Å². The molecule has 1 aromatic rings. The molecule has 2 rings (SSSR count). The van der Waals surface area contributed by atoms with Crippen molar-refractivity contribution in [1.82, 2.24) is 4.90 Å². The maximum atomic E-state index is 9.24. The molecule has 0 unspecified atom stereocenters. The zero-order valence-electron chi connectivity index (χ0n) is 10.1. The third kappa shape index (κ3) is 3.35. The highest BCUT2D eigenvalue weighted by Crippen LogP contribution is 2.28. The number of nitrogens with zero attached hydrogens (tertiary/aromatic N) is 1. The van der Waals surface area contributed by atoms with Crippen LogP contribution in [0, 0.1) is 5.92 Å². The maximum absolute atomic E-state index is 9.24. The Hall–Kier alpha value is -0.770. The molecule has 0 bridgehead atoms. The summed E-state index contributed by atoms with van der Waals surface area (Å²) in [5.41, 5.74) is 7.77. The van der Waals surface area contributed by atoms with Crippen LogP contribution in [-0.2, 0) is 6.54 Å². The summed E-state index contributed by atoms with van der Waals surface area (Å²) in [6, 6.07) is 5.63. The van der Waals surface area contributed by atoms with Gasteiger partial charge in [0.2, 0.25) is 0 Å². The standard InChI is InChI=1S/C13H19ClN2O/c1-16(7-9-4-12(17)5-9)8-10-2-3-11(14)6-13(10)15/h2-3,6,9,12,17H,4-5,7-8,15H2,1H3. The molecule has 1 fully saturated rings. The second-order valence-electron chi connectivity index (χ2n) is 5.03. The lowest BCUT2D eigenvalue weighted by atomic mass is 9.82. The van der Waals surface area contributed by atoms with Crippen LogP contribution in [0.3, 0.4) is 0 Å². The number of benzene rings is 1. The topological polar surface area (TPSA) is 49.5 Å². The lowest BCUT2D eigenvalue weighted by Gasteiger charge is -2.34. The summed E-state index contributed by atoms with van der Waals surface area (Å²) < 4.78 is 0. The fourth-order valence-corrected chi connectivity index (χ4v) is 2.54. The molecule has 0 radical (unpaired) electrons. The molecule has 0 heterocycles. The average molecular weight is 255 g/mol. The third-order valence-electron chi connectivity index (χ3n) is 3.33. The Morgan fingerprint density at radius 3 is 2.76 bits per heavy atom. The van der Waals surface area contributed by atoms with Crippen LogP contribution < -0.4 is 5.73 Å². The van der Waals surface area contributed by atoms with Gasteiger partial charge in [-0.15, -0.1) is 0 Å². The first-order valence-electron chi connectivity index (χ1n) is 5.95. The van der Waals surface area contributed by atoms with Crippen LogP contribution in [-0.4, -0.2) is 29.7 Å². The number of halogens is 1. The molecular formula is C13H19ClN2O. The Balaban J connectivity index is 1.87. The summed E-state index contributed by atoms with van der Waals surface area (Å²) in [7, 11) is 2.08. The van der Waals surface area contributed by atoms with Crippen LogP contribution in [0.1, 0.15) is 18.4 Å². The minimum absolute atomic E-state index is 0.0750. The summed E-state index contributed by atoms with van der Waals surface area (Å²) >= 11 is 5.86.